The Morgan fingerprint density at radius 2 is 1.90 bits per heavy atom. The van der Waals surface area contributed by atoms with Crippen LogP contribution in [0.3, 0.4) is 0 Å². The van der Waals surface area contributed by atoms with E-state index in [4.69, 9.17) is 9.47 Å². The van der Waals surface area contributed by atoms with E-state index in [2.05, 4.69) is 10.3 Å². The molecule has 0 unspecified atom stereocenters. The van der Waals surface area contributed by atoms with Crippen LogP contribution in [0.1, 0.15) is 26.4 Å². The standard InChI is InChI=1S/C21H20FN3O4S/c1-28-18-9-4-13(10-16(18)20(27)29-2)11-23-19(26)17-12-24-21(30-3)25(17)15-7-5-14(22)6-8-15/h4-10,12H,11H2,1-3H3,(H,23,26). The highest BCUT2D eigenvalue weighted by Crippen LogP contribution is 2.23. The van der Waals surface area contributed by atoms with Crippen LogP contribution in [0.2, 0.25) is 0 Å². The first kappa shape index (κ1) is 21.4. The number of rotatable bonds is 7. The molecule has 3 rings (SSSR count). The third-order valence-electron chi connectivity index (χ3n) is 4.35. The molecular formula is C21H20FN3O4S. The second-order valence-electron chi connectivity index (χ2n) is 6.15. The Morgan fingerprint density at radius 3 is 2.53 bits per heavy atom. The number of halogens is 1. The first-order chi connectivity index (χ1) is 14.5. The topological polar surface area (TPSA) is 82.5 Å². The Balaban J connectivity index is 1.83. The molecule has 0 saturated heterocycles. The number of hydrogen-bond donors (Lipinski definition) is 1. The summed E-state index contributed by atoms with van der Waals surface area (Å²) in [5.74, 6) is -0.867. The molecule has 0 atom stereocenters. The maximum atomic E-state index is 13.3. The van der Waals surface area contributed by atoms with Crippen LogP contribution in [-0.4, -0.2) is 41.9 Å². The molecule has 9 heteroatoms. The lowest BCUT2D eigenvalue weighted by atomic mass is 10.1. The summed E-state index contributed by atoms with van der Waals surface area (Å²) in [6, 6.07) is 10.8. The molecule has 0 radical (unpaired) electrons. The van der Waals surface area contributed by atoms with Gasteiger partial charge in [0.15, 0.2) is 5.16 Å². The fourth-order valence-corrected chi connectivity index (χ4v) is 3.43. The fraction of sp³-hybridized carbons (Fsp3) is 0.190. The normalized spacial score (nSPS) is 10.5. The number of benzene rings is 2. The number of nitrogens with one attached hydrogen (secondary N) is 1. The van der Waals surface area contributed by atoms with Crippen molar-refractivity contribution < 1.29 is 23.5 Å². The van der Waals surface area contributed by atoms with E-state index in [0.29, 0.717) is 27.9 Å². The summed E-state index contributed by atoms with van der Waals surface area (Å²) in [5, 5.41) is 3.42. The zero-order chi connectivity index (χ0) is 21.7. The number of carbonyl (C=O) groups excluding carboxylic acids is 2. The molecule has 1 heterocycles. The minimum Gasteiger partial charge on any atom is -0.496 e. The van der Waals surface area contributed by atoms with Gasteiger partial charge in [0.05, 0.1) is 20.4 Å². The summed E-state index contributed by atoms with van der Waals surface area (Å²) in [5.41, 5.74) is 1.91. The first-order valence-electron chi connectivity index (χ1n) is 8.89. The molecule has 0 saturated carbocycles. The van der Waals surface area contributed by atoms with Gasteiger partial charge >= 0.3 is 5.97 Å². The largest absolute Gasteiger partial charge is 0.496 e. The van der Waals surface area contributed by atoms with Crippen molar-refractivity contribution in [2.45, 2.75) is 11.7 Å². The Bertz CT molecular complexity index is 1070. The van der Waals surface area contributed by atoms with E-state index in [1.165, 1.54) is 44.3 Å². The summed E-state index contributed by atoms with van der Waals surface area (Å²) in [4.78, 5) is 29.0. The maximum absolute atomic E-state index is 13.3. The van der Waals surface area contributed by atoms with Crippen molar-refractivity contribution >= 4 is 23.6 Å². The summed E-state index contributed by atoms with van der Waals surface area (Å²) in [6.45, 7) is 0.177. The number of imidazole rings is 1. The van der Waals surface area contributed by atoms with Gasteiger partial charge in [0.1, 0.15) is 22.8 Å². The average molecular weight is 429 g/mol. The molecule has 0 aliphatic heterocycles. The second kappa shape index (κ2) is 9.45. The third-order valence-corrected chi connectivity index (χ3v) is 5.00. The quantitative estimate of drug-likeness (QED) is 0.458. The van der Waals surface area contributed by atoms with Crippen molar-refractivity contribution in [3.63, 3.8) is 0 Å². The van der Waals surface area contributed by atoms with Crippen LogP contribution in [0, 0.1) is 5.82 Å². The number of nitrogens with zero attached hydrogens (tertiary/aromatic N) is 2. The van der Waals surface area contributed by atoms with Crippen molar-refractivity contribution in [2.75, 3.05) is 20.5 Å². The third kappa shape index (κ3) is 4.46. The van der Waals surface area contributed by atoms with Crippen LogP contribution in [0.4, 0.5) is 4.39 Å². The minimum absolute atomic E-state index is 0.177. The minimum atomic E-state index is -0.529. The van der Waals surface area contributed by atoms with E-state index >= 15 is 0 Å². The monoisotopic (exact) mass is 429 g/mol. The van der Waals surface area contributed by atoms with Gasteiger partial charge in [-0.05, 0) is 48.2 Å². The van der Waals surface area contributed by atoms with Crippen molar-refractivity contribution in [1.29, 1.82) is 0 Å². The summed E-state index contributed by atoms with van der Waals surface area (Å²) in [7, 11) is 2.75. The number of carbonyl (C=O) groups is 2. The number of hydrogen-bond acceptors (Lipinski definition) is 6. The summed E-state index contributed by atoms with van der Waals surface area (Å²) < 4.78 is 24.9. The van der Waals surface area contributed by atoms with E-state index in [-0.39, 0.29) is 23.8 Å². The number of esters is 1. The summed E-state index contributed by atoms with van der Waals surface area (Å²) >= 11 is 1.37. The predicted octanol–water partition coefficient (Wildman–Crippen LogP) is 3.46. The Hall–Kier alpha value is -3.33. The predicted molar refractivity (Wildman–Crippen MR) is 111 cm³/mol. The molecule has 0 fully saturated rings. The van der Waals surface area contributed by atoms with Gasteiger partial charge < -0.3 is 14.8 Å². The maximum Gasteiger partial charge on any atom is 0.341 e. The molecule has 0 bridgehead atoms. The van der Waals surface area contributed by atoms with E-state index in [1.54, 1.807) is 34.9 Å². The van der Waals surface area contributed by atoms with Crippen LogP contribution in [0.15, 0.2) is 53.8 Å². The van der Waals surface area contributed by atoms with E-state index in [0.717, 1.165) is 0 Å². The van der Waals surface area contributed by atoms with Gasteiger partial charge in [0.25, 0.3) is 5.91 Å². The van der Waals surface area contributed by atoms with E-state index in [1.807, 2.05) is 6.26 Å². The number of aromatic nitrogens is 2. The van der Waals surface area contributed by atoms with Crippen LogP contribution < -0.4 is 10.1 Å². The molecule has 156 valence electrons. The first-order valence-corrected chi connectivity index (χ1v) is 10.1. The molecule has 3 aromatic rings. The second-order valence-corrected chi connectivity index (χ2v) is 6.92. The molecular weight excluding hydrogens is 409 g/mol. The van der Waals surface area contributed by atoms with Gasteiger partial charge in [-0.1, -0.05) is 17.8 Å². The lowest BCUT2D eigenvalue weighted by Crippen LogP contribution is -2.25. The lowest BCUT2D eigenvalue weighted by Gasteiger charge is -2.12. The van der Waals surface area contributed by atoms with Gasteiger partial charge in [0.2, 0.25) is 0 Å². The molecule has 30 heavy (non-hydrogen) atoms. The highest BCUT2D eigenvalue weighted by atomic mass is 32.2. The molecule has 1 amide bonds. The Morgan fingerprint density at radius 1 is 1.17 bits per heavy atom. The smallest absolute Gasteiger partial charge is 0.341 e. The molecule has 0 aliphatic carbocycles. The molecule has 2 aromatic carbocycles. The van der Waals surface area contributed by atoms with Crippen LogP contribution in [-0.2, 0) is 11.3 Å². The zero-order valence-electron chi connectivity index (χ0n) is 16.6. The Kier molecular flexibility index (Phi) is 6.73. The zero-order valence-corrected chi connectivity index (χ0v) is 17.5. The van der Waals surface area contributed by atoms with Gasteiger partial charge in [0, 0.05) is 12.2 Å². The van der Waals surface area contributed by atoms with Gasteiger partial charge in [-0.15, -0.1) is 0 Å². The molecule has 7 nitrogen and oxygen atoms in total. The van der Waals surface area contributed by atoms with Crippen molar-refractivity contribution in [2.24, 2.45) is 0 Å². The highest BCUT2D eigenvalue weighted by molar-refractivity contribution is 7.98. The molecule has 1 N–H and O–H groups in total. The van der Waals surface area contributed by atoms with Crippen LogP contribution >= 0.6 is 11.8 Å². The van der Waals surface area contributed by atoms with E-state index in [9.17, 15) is 14.0 Å². The number of methoxy groups -OCH3 is 2. The van der Waals surface area contributed by atoms with Crippen LogP contribution in [0.5, 0.6) is 5.75 Å². The number of thioether (sulfide) groups is 1. The molecule has 0 spiro atoms. The van der Waals surface area contributed by atoms with Crippen molar-refractivity contribution in [3.05, 3.63) is 71.3 Å². The van der Waals surface area contributed by atoms with E-state index < -0.39 is 5.97 Å². The number of amides is 1. The van der Waals surface area contributed by atoms with Gasteiger partial charge in [-0.3, -0.25) is 9.36 Å². The molecule has 0 aliphatic rings. The van der Waals surface area contributed by atoms with Gasteiger partial charge in [-0.2, -0.15) is 0 Å². The molecule has 1 aromatic heterocycles. The number of ether oxygens (including phenoxy) is 2. The van der Waals surface area contributed by atoms with Gasteiger partial charge in [-0.25, -0.2) is 14.2 Å². The Labute approximate surface area is 177 Å². The SMILES string of the molecule is COC(=O)c1cc(CNC(=O)c2cnc(SC)n2-c2ccc(F)cc2)ccc1OC. The average Bonchev–Trinajstić information content (AvgIpc) is 3.21. The fourth-order valence-electron chi connectivity index (χ4n) is 2.89. The highest BCUT2D eigenvalue weighted by Gasteiger charge is 2.18. The van der Waals surface area contributed by atoms with Crippen molar-refractivity contribution in [3.8, 4) is 11.4 Å². The van der Waals surface area contributed by atoms with Crippen molar-refractivity contribution in [1.82, 2.24) is 14.9 Å². The van der Waals surface area contributed by atoms with Crippen LogP contribution in [0.25, 0.3) is 5.69 Å². The summed E-state index contributed by atoms with van der Waals surface area (Å²) in [6.07, 6.45) is 3.31. The lowest BCUT2D eigenvalue weighted by molar-refractivity contribution is 0.0597.